The molecule has 84 valence electrons. The van der Waals surface area contributed by atoms with Crippen LogP contribution in [0, 0.1) is 0 Å². The summed E-state index contributed by atoms with van der Waals surface area (Å²) in [6.07, 6.45) is 1.51. The van der Waals surface area contributed by atoms with Crippen LogP contribution in [0.4, 0.5) is 5.82 Å². The summed E-state index contributed by atoms with van der Waals surface area (Å²) in [4.78, 5) is 3.90. The molecule has 0 amide bonds. The van der Waals surface area contributed by atoms with Gasteiger partial charge in [-0.15, -0.1) is 0 Å². The molecule has 1 aromatic heterocycles. The second kappa shape index (κ2) is 4.91. The summed E-state index contributed by atoms with van der Waals surface area (Å²) in [5, 5.41) is -0.647. The molecule has 0 fully saturated rings. The molecule has 0 aliphatic carbocycles. The van der Waals surface area contributed by atoms with Gasteiger partial charge in [0.25, 0.3) is 0 Å². The third-order valence-corrected chi connectivity index (χ3v) is 4.23. The predicted molar refractivity (Wildman–Crippen MR) is 63.0 cm³/mol. The van der Waals surface area contributed by atoms with E-state index in [-0.39, 0.29) is 12.4 Å². The Kier molecular flexibility index (Phi) is 4.06. The van der Waals surface area contributed by atoms with Gasteiger partial charge in [0.1, 0.15) is 0 Å². The third kappa shape index (κ3) is 3.15. The zero-order chi connectivity index (χ0) is 11.5. The number of nitrogens with one attached hydrogen (secondary N) is 1. The van der Waals surface area contributed by atoms with E-state index < -0.39 is 15.3 Å². The van der Waals surface area contributed by atoms with Gasteiger partial charge in [0.15, 0.2) is 5.82 Å². The fourth-order valence-corrected chi connectivity index (χ4v) is 2.19. The molecule has 0 aromatic carbocycles. The van der Waals surface area contributed by atoms with Crippen LogP contribution in [-0.4, -0.2) is 25.2 Å². The van der Waals surface area contributed by atoms with Crippen LogP contribution in [0.15, 0.2) is 22.8 Å². The van der Waals surface area contributed by atoms with E-state index in [4.69, 9.17) is 5.73 Å². The van der Waals surface area contributed by atoms with Crippen LogP contribution in [0.25, 0.3) is 0 Å². The monoisotopic (exact) mass is 293 g/mol. The fraction of sp³-hybridized carbons (Fsp3) is 0.375. The minimum absolute atomic E-state index is 0.0692. The van der Waals surface area contributed by atoms with Gasteiger partial charge in [0.2, 0.25) is 10.0 Å². The molecule has 0 radical (unpaired) electrons. The highest BCUT2D eigenvalue weighted by atomic mass is 79.9. The quantitative estimate of drug-likeness (QED) is 0.865. The number of halogens is 1. The maximum atomic E-state index is 11.6. The molecule has 1 heterocycles. The Morgan fingerprint density at radius 2 is 2.33 bits per heavy atom. The van der Waals surface area contributed by atoms with Gasteiger partial charge < -0.3 is 5.73 Å². The molecular weight excluding hydrogens is 282 g/mol. The van der Waals surface area contributed by atoms with Crippen LogP contribution >= 0.6 is 15.9 Å². The Morgan fingerprint density at radius 3 is 2.87 bits per heavy atom. The second-order valence-electron chi connectivity index (χ2n) is 3.03. The second-order valence-corrected chi connectivity index (χ2v) is 5.98. The number of anilines is 1. The molecule has 5 nitrogen and oxygen atoms in total. The Bertz CT molecular complexity index is 435. The zero-order valence-corrected chi connectivity index (χ0v) is 10.5. The Labute approximate surface area is 97.3 Å². The van der Waals surface area contributed by atoms with Crippen molar-refractivity contribution in [2.24, 2.45) is 5.73 Å². The lowest BCUT2D eigenvalue weighted by molar-refractivity contribution is 0.589. The largest absolute Gasteiger partial charge is 0.329 e. The topological polar surface area (TPSA) is 85.1 Å². The summed E-state index contributed by atoms with van der Waals surface area (Å²) in [6.45, 7) is 1.61. The van der Waals surface area contributed by atoms with Crippen LogP contribution in [0.1, 0.15) is 6.92 Å². The van der Waals surface area contributed by atoms with Crippen molar-refractivity contribution in [3.8, 4) is 0 Å². The minimum Gasteiger partial charge on any atom is -0.329 e. The lowest BCUT2D eigenvalue weighted by Crippen LogP contribution is -2.32. The van der Waals surface area contributed by atoms with Gasteiger partial charge in [-0.05, 0) is 35.0 Å². The molecule has 1 unspecified atom stereocenters. The number of aromatic nitrogens is 1. The molecule has 15 heavy (non-hydrogen) atoms. The van der Waals surface area contributed by atoms with Crippen molar-refractivity contribution in [2.45, 2.75) is 12.2 Å². The van der Waals surface area contributed by atoms with Gasteiger partial charge in [-0.3, -0.25) is 4.72 Å². The van der Waals surface area contributed by atoms with Crippen LogP contribution in [0.5, 0.6) is 0 Å². The molecule has 1 rings (SSSR count). The normalized spacial score (nSPS) is 13.5. The standard InChI is InChI=1S/C8H12BrN3O2S/c1-6(5-10)15(13,14)12-8-7(9)3-2-4-11-8/h2-4,6H,5,10H2,1H3,(H,11,12). The first-order valence-electron chi connectivity index (χ1n) is 4.29. The van der Waals surface area contributed by atoms with Crippen molar-refractivity contribution in [3.63, 3.8) is 0 Å². The summed E-state index contributed by atoms with van der Waals surface area (Å²) in [5.74, 6) is 0.276. The van der Waals surface area contributed by atoms with E-state index in [0.29, 0.717) is 4.47 Å². The maximum Gasteiger partial charge on any atom is 0.237 e. The van der Waals surface area contributed by atoms with E-state index in [1.165, 1.54) is 6.20 Å². The Hall–Kier alpha value is -0.660. The highest BCUT2D eigenvalue weighted by molar-refractivity contribution is 9.10. The molecule has 1 aromatic rings. The first kappa shape index (κ1) is 12.4. The highest BCUT2D eigenvalue weighted by Crippen LogP contribution is 2.20. The zero-order valence-electron chi connectivity index (χ0n) is 8.14. The van der Waals surface area contributed by atoms with Crippen molar-refractivity contribution in [2.75, 3.05) is 11.3 Å². The third-order valence-electron chi connectivity index (χ3n) is 1.86. The molecule has 7 heteroatoms. The van der Waals surface area contributed by atoms with Gasteiger partial charge >= 0.3 is 0 Å². The lowest BCUT2D eigenvalue weighted by atomic mass is 10.5. The van der Waals surface area contributed by atoms with Crippen molar-refractivity contribution in [1.82, 2.24) is 4.98 Å². The molecular formula is C8H12BrN3O2S. The predicted octanol–water partition coefficient (Wildman–Crippen LogP) is 0.933. The van der Waals surface area contributed by atoms with Gasteiger partial charge in [0, 0.05) is 12.7 Å². The Balaban J connectivity index is 2.92. The molecule has 1 atom stereocenters. The molecule has 0 aliphatic heterocycles. The molecule has 0 saturated heterocycles. The van der Waals surface area contributed by atoms with E-state index in [9.17, 15) is 8.42 Å². The van der Waals surface area contributed by atoms with E-state index in [1.54, 1.807) is 19.1 Å². The van der Waals surface area contributed by atoms with Crippen LogP contribution in [-0.2, 0) is 10.0 Å². The minimum atomic E-state index is -3.45. The van der Waals surface area contributed by atoms with Crippen LogP contribution in [0.3, 0.4) is 0 Å². The lowest BCUT2D eigenvalue weighted by Gasteiger charge is -2.12. The number of hydrogen-bond acceptors (Lipinski definition) is 4. The van der Waals surface area contributed by atoms with E-state index >= 15 is 0 Å². The number of nitrogens with zero attached hydrogens (tertiary/aromatic N) is 1. The van der Waals surface area contributed by atoms with Gasteiger partial charge in [0.05, 0.1) is 9.72 Å². The molecule has 0 bridgehead atoms. The van der Waals surface area contributed by atoms with Gasteiger partial charge in [-0.1, -0.05) is 0 Å². The van der Waals surface area contributed by atoms with Crippen molar-refractivity contribution in [1.29, 1.82) is 0 Å². The fourth-order valence-electron chi connectivity index (χ4n) is 0.823. The van der Waals surface area contributed by atoms with Crippen LogP contribution in [0.2, 0.25) is 0 Å². The smallest absolute Gasteiger partial charge is 0.237 e. The number of pyridine rings is 1. The number of hydrogen-bond donors (Lipinski definition) is 2. The summed E-state index contributed by atoms with van der Waals surface area (Å²) in [6, 6.07) is 3.41. The van der Waals surface area contributed by atoms with Crippen molar-refractivity contribution in [3.05, 3.63) is 22.8 Å². The average molecular weight is 294 g/mol. The van der Waals surface area contributed by atoms with E-state index in [2.05, 4.69) is 25.6 Å². The number of nitrogens with two attached hydrogens (primary N) is 1. The summed E-state index contributed by atoms with van der Waals surface area (Å²) in [5.41, 5.74) is 5.30. The van der Waals surface area contributed by atoms with Crippen LogP contribution < -0.4 is 10.5 Å². The van der Waals surface area contributed by atoms with E-state index in [0.717, 1.165) is 0 Å². The summed E-state index contributed by atoms with van der Waals surface area (Å²) >= 11 is 3.20. The summed E-state index contributed by atoms with van der Waals surface area (Å²) < 4.78 is 26.2. The average Bonchev–Trinajstić information content (AvgIpc) is 2.20. The van der Waals surface area contributed by atoms with Crippen molar-refractivity contribution < 1.29 is 8.42 Å². The van der Waals surface area contributed by atoms with E-state index in [1.807, 2.05) is 0 Å². The van der Waals surface area contributed by atoms with Gasteiger partial charge in [-0.25, -0.2) is 13.4 Å². The first-order valence-corrected chi connectivity index (χ1v) is 6.63. The molecule has 0 aliphatic rings. The molecule has 0 spiro atoms. The SMILES string of the molecule is CC(CN)S(=O)(=O)Nc1ncccc1Br. The number of sulfonamides is 1. The molecule has 3 N–H and O–H groups in total. The van der Waals surface area contributed by atoms with Crippen molar-refractivity contribution >= 4 is 31.8 Å². The molecule has 0 saturated carbocycles. The van der Waals surface area contributed by atoms with Gasteiger partial charge in [-0.2, -0.15) is 0 Å². The summed E-state index contributed by atoms with van der Waals surface area (Å²) in [7, 11) is -3.45. The number of rotatable bonds is 4. The maximum absolute atomic E-state index is 11.6. The Morgan fingerprint density at radius 1 is 1.67 bits per heavy atom. The first-order chi connectivity index (χ1) is 6.97. The highest BCUT2D eigenvalue weighted by Gasteiger charge is 2.20.